The summed E-state index contributed by atoms with van der Waals surface area (Å²) in [6, 6.07) is 21.8. The lowest BCUT2D eigenvalue weighted by Crippen LogP contribution is -2.44. The highest BCUT2D eigenvalue weighted by atomic mass is 35.5. The Labute approximate surface area is 205 Å². The van der Waals surface area contributed by atoms with Crippen molar-refractivity contribution in [3.8, 4) is 11.5 Å². The van der Waals surface area contributed by atoms with E-state index in [-0.39, 0.29) is 25.0 Å². The number of hydrogen-bond acceptors (Lipinski definition) is 6. The van der Waals surface area contributed by atoms with E-state index in [2.05, 4.69) is 5.32 Å². The summed E-state index contributed by atoms with van der Waals surface area (Å²) in [6.45, 7) is 0.488. The number of fused-ring (bicyclic) bond motifs is 1. The third-order valence-electron chi connectivity index (χ3n) is 5.30. The molecule has 0 saturated carbocycles. The monoisotopic (exact) mass is 493 g/mol. The molecule has 34 heavy (non-hydrogen) atoms. The third-order valence-corrected chi connectivity index (χ3v) is 6.74. The number of nitrogens with zero attached hydrogens (tertiary/aromatic N) is 2. The second-order valence-electron chi connectivity index (χ2n) is 7.70. The largest absolute Gasteiger partial charge is 0.454 e. The molecule has 1 unspecified atom stereocenters. The van der Waals surface area contributed by atoms with Crippen LogP contribution in [0.5, 0.6) is 11.5 Å². The first-order chi connectivity index (χ1) is 16.5. The van der Waals surface area contributed by atoms with E-state index in [1.807, 2.05) is 48.5 Å². The molecule has 1 saturated heterocycles. The smallest absolute Gasteiger partial charge is 0.238 e. The first-order valence-corrected chi connectivity index (χ1v) is 11.9. The zero-order chi connectivity index (χ0) is 23.5. The predicted octanol–water partition coefficient (Wildman–Crippen LogP) is 5.23. The van der Waals surface area contributed by atoms with Gasteiger partial charge in [-0.25, -0.2) is 4.99 Å². The predicted molar refractivity (Wildman–Crippen MR) is 133 cm³/mol. The van der Waals surface area contributed by atoms with Crippen molar-refractivity contribution in [3.05, 3.63) is 83.4 Å². The van der Waals surface area contributed by atoms with Gasteiger partial charge in [0.1, 0.15) is 5.25 Å². The normalized spacial score (nSPS) is 18.3. The van der Waals surface area contributed by atoms with Gasteiger partial charge in [-0.05, 0) is 54.1 Å². The third kappa shape index (κ3) is 5.03. The maximum absolute atomic E-state index is 13.2. The maximum atomic E-state index is 13.2. The zero-order valence-electron chi connectivity index (χ0n) is 17.9. The van der Waals surface area contributed by atoms with Crippen LogP contribution in [0.2, 0.25) is 5.02 Å². The van der Waals surface area contributed by atoms with Gasteiger partial charge in [0.05, 0.1) is 12.2 Å². The molecule has 2 aliphatic heterocycles. The molecular formula is C25H20ClN3O4S. The van der Waals surface area contributed by atoms with Crippen LogP contribution >= 0.6 is 23.4 Å². The summed E-state index contributed by atoms with van der Waals surface area (Å²) >= 11 is 7.20. The minimum Gasteiger partial charge on any atom is -0.454 e. The van der Waals surface area contributed by atoms with E-state index in [4.69, 9.17) is 26.1 Å². The van der Waals surface area contributed by atoms with Gasteiger partial charge in [0, 0.05) is 17.1 Å². The second-order valence-corrected chi connectivity index (χ2v) is 9.31. The number of carbonyl (C=O) groups excluding carboxylic acids is 2. The fourth-order valence-electron chi connectivity index (χ4n) is 3.59. The minimum absolute atomic E-state index is 0.0580. The number of aliphatic imine (C=N–C) groups is 1. The molecule has 172 valence electrons. The summed E-state index contributed by atoms with van der Waals surface area (Å²) in [5, 5.41) is 3.30. The SMILES string of the molecule is O=C(Nc1ccc(Cl)cc1)C1CC(=O)N(Cc2ccc3c(c2)OCO3)C(=Nc2ccccc2)S1. The highest BCUT2D eigenvalue weighted by Crippen LogP contribution is 2.35. The molecule has 0 radical (unpaired) electrons. The van der Waals surface area contributed by atoms with Gasteiger partial charge in [0.2, 0.25) is 18.6 Å². The van der Waals surface area contributed by atoms with Gasteiger partial charge in [-0.1, -0.05) is 47.6 Å². The van der Waals surface area contributed by atoms with Gasteiger partial charge in [-0.3, -0.25) is 14.5 Å². The fourth-order valence-corrected chi connectivity index (χ4v) is 4.81. The number of nitrogens with one attached hydrogen (secondary N) is 1. The number of benzene rings is 3. The molecule has 0 aromatic heterocycles. The second kappa shape index (κ2) is 9.79. The van der Waals surface area contributed by atoms with Crippen molar-refractivity contribution in [1.82, 2.24) is 4.90 Å². The van der Waals surface area contributed by atoms with Gasteiger partial charge in [0.15, 0.2) is 16.7 Å². The highest BCUT2D eigenvalue weighted by molar-refractivity contribution is 8.15. The number of amidine groups is 1. The van der Waals surface area contributed by atoms with Crippen LogP contribution in [0, 0.1) is 0 Å². The van der Waals surface area contributed by atoms with E-state index in [1.54, 1.807) is 29.2 Å². The van der Waals surface area contributed by atoms with Gasteiger partial charge < -0.3 is 14.8 Å². The molecule has 0 aliphatic carbocycles. The number of amides is 2. The van der Waals surface area contributed by atoms with Crippen molar-refractivity contribution in [3.63, 3.8) is 0 Å². The number of thioether (sulfide) groups is 1. The van der Waals surface area contributed by atoms with Crippen LogP contribution in [0.3, 0.4) is 0 Å². The highest BCUT2D eigenvalue weighted by Gasteiger charge is 2.36. The molecule has 2 amide bonds. The summed E-state index contributed by atoms with van der Waals surface area (Å²) in [4.78, 5) is 32.5. The van der Waals surface area contributed by atoms with E-state index in [0.717, 1.165) is 5.56 Å². The minimum atomic E-state index is -0.612. The number of ether oxygens (including phenoxy) is 2. The van der Waals surface area contributed by atoms with Crippen molar-refractivity contribution in [2.24, 2.45) is 4.99 Å². The van der Waals surface area contributed by atoms with Crippen LogP contribution in [0.1, 0.15) is 12.0 Å². The first-order valence-electron chi connectivity index (χ1n) is 10.6. The summed E-state index contributed by atoms with van der Waals surface area (Å²) < 4.78 is 10.8. The molecular weight excluding hydrogens is 474 g/mol. The number of hydrogen-bond donors (Lipinski definition) is 1. The van der Waals surface area contributed by atoms with Crippen molar-refractivity contribution >= 4 is 51.7 Å². The number of para-hydroxylation sites is 1. The molecule has 3 aromatic carbocycles. The van der Waals surface area contributed by atoms with Crippen LogP contribution in [-0.2, 0) is 16.1 Å². The van der Waals surface area contributed by atoms with Gasteiger partial charge in [-0.15, -0.1) is 0 Å². The van der Waals surface area contributed by atoms with E-state index >= 15 is 0 Å². The number of carbonyl (C=O) groups is 2. The number of halogens is 1. The molecule has 3 aromatic rings. The van der Waals surface area contributed by atoms with Gasteiger partial charge in [0.25, 0.3) is 0 Å². The standard InChI is InChI=1S/C25H20ClN3O4S/c26-17-7-9-19(10-8-17)27-24(31)22-13-23(30)29(25(34-22)28-18-4-2-1-3-5-18)14-16-6-11-20-21(12-16)33-15-32-20/h1-12,22H,13-15H2,(H,27,31). The van der Waals surface area contributed by atoms with Crippen molar-refractivity contribution < 1.29 is 19.1 Å². The average molecular weight is 494 g/mol. The lowest BCUT2D eigenvalue weighted by Gasteiger charge is -2.32. The lowest BCUT2D eigenvalue weighted by atomic mass is 10.1. The van der Waals surface area contributed by atoms with Crippen LogP contribution in [0.15, 0.2) is 77.8 Å². The lowest BCUT2D eigenvalue weighted by molar-refractivity contribution is -0.129. The van der Waals surface area contributed by atoms with E-state index in [9.17, 15) is 9.59 Å². The van der Waals surface area contributed by atoms with Crippen LogP contribution in [-0.4, -0.2) is 33.9 Å². The molecule has 1 fully saturated rings. The van der Waals surface area contributed by atoms with Gasteiger partial charge >= 0.3 is 0 Å². The summed E-state index contributed by atoms with van der Waals surface area (Å²) in [5.41, 5.74) is 2.20. The molecule has 1 N–H and O–H groups in total. The fraction of sp³-hybridized carbons (Fsp3) is 0.160. The van der Waals surface area contributed by atoms with Crippen molar-refractivity contribution in [2.75, 3.05) is 12.1 Å². The average Bonchev–Trinajstić information content (AvgIpc) is 3.31. The Morgan fingerprint density at radius 3 is 2.62 bits per heavy atom. The molecule has 7 nitrogen and oxygen atoms in total. The molecule has 9 heteroatoms. The zero-order valence-corrected chi connectivity index (χ0v) is 19.5. The quantitative estimate of drug-likeness (QED) is 0.526. The summed E-state index contributed by atoms with van der Waals surface area (Å²) in [6.07, 6.45) is 0.0580. The molecule has 2 aliphatic rings. The topological polar surface area (TPSA) is 80.2 Å². The van der Waals surface area contributed by atoms with Crippen molar-refractivity contribution in [2.45, 2.75) is 18.2 Å². The maximum Gasteiger partial charge on any atom is 0.238 e. The Balaban J connectivity index is 1.39. The molecule has 5 rings (SSSR count). The Kier molecular flexibility index (Phi) is 6.42. The van der Waals surface area contributed by atoms with E-state index in [1.165, 1.54) is 11.8 Å². The molecule has 0 bridgehead atoms. The van der Waals surface area contributed by atoms with Gasteiger partial charge in [-0.2, -0.15) is 0 Å². The Morgan fingerprint density at radius 1 is 1.06 bits per heavy atom. The van der Waals surface area contributed by atoms with Crippen LogP contribution in [0.25, 0.3) is 0 Å². The number of rotatable bonds is 5. The summed E-state index contributed by atoms with van der Waals surface area (Å²) in [7, 11) is 0. The van der Waals surface area contributed by atoms with Crippen molar-refractivity contribution in [1.29, 1.82) is 0 Å². The molecule has 0 spiro atoms. The Morgan fingerprint density at radius 2 is 1.82 bits per heavy atom. The summed E-state index contributed by atoms with van der Waals surface area (Å²) in [5.74, 6) is 0.892. The number of anilines is 1. The van der Waals surface area contributed by atoms with Crippen LogP contribution in [0.4, 0.5) is 11.4 Å². The van der Waals surface area contributed by atoms with E-state index < -0.39 is 5.25 Å². The van der Waals surface area contributed by atoms with E-state index in [0.29, 0.717) is 39.6 Å². The Bertz CT molecular complexity index is 1250. The molecule has 2 heterocycles. The Hall–Kier alpha value is -3.49. The first kappa shape index (κ1) is 22.3. The molecule has 1 atom stereocenters. The van der Waals surface area contributed by atoms with Crippen LogP contribution < -0.4 is 14.8 Å².